The minimum atomic E-state index is 0.644. The molecule has 0 bridgehead atoms. The highest BCUT2D eigenvalue weighted by atomic mass is 15.1. The molecule has 0 atom stereocenters. The van der Waals surface area contributed by atoms with Crippen LogP contribution in [0.2, 0.25) is 0 Å². The summed E-state index contributed by atoms with van der Waals surface area (Å²) in [6, 6.07) is 0. The van der Waals surface area contributed by atoms with Gasteiger partial charge in [0.15, 0.2) is 0 Å². The van der Waals surface area contributed by atoms with Gasteiger partial charge in [0.25, 0.3) is 0 Å². The zero-order valence-electron chi connectivity index (χ0n) is 6.57. The topological polar surface area (TPSA) is 55.0 Å². The van der Waals surface area contributed by atoms with Crippen LogP contribution < -0.4 is 10.6 Å². The first-order valence-corrected chi connectivity index (χ1v) is 3.51. The zero-order chi connectivity index (χ0) is 8.10. The Bertz CT molecular complexity index is 199. The Labute approximate surface area is 66.1 Å². The number of likely N-dealkylation sites (N-methyl/N-ethyl adjacent to an activating group) is 1. The summed E-state index contributed by atoms with van der Waals surface area (Å²) in [7, 11) is 1.96. The molecule has 11 heavy (non-hydrogen) atoms. The van der Waals surface area contributed by atoms with Crippen molar-refractivity contribution in [1.29, 1.82) is 0 Å². The highest BCUT2D eigenvalue weighted by Gasteiger charge is 1.97. The summed E-state index contributed by atoms with van der Waals surface area (Å²) in [4.78, 5) is 9.80. The molecule has 1 heterocycles. The first kappa shape index (κ1) is 7.94. The molecular formula is C7H12N4. The van der Waals surface area contributed by atoms with Gasteiger partial charge >= 0.3 is 0 Å². The summed E-state index contributed by atoms with van der Waals surface area (Å²) in [6.07, 6.45) is 5.05. The molecule has 4 nitrogen and oxygen atoms in total. The number of hydrogen-bond donors (Lipinski definition) is 1. The van der Waals surface area contributed by atoms with E-state index in [1.165, 1.54) is 6.33 Å². The molecule has 1 aromatic heterocycles. The fraction of sp³-hybridized carbons (Fsp3) is 0.429. The maximum absolute atomic E-state index is 5.38. The number of anilines is 1. The number of rotatable bonds is 3. The fourth-order valence-electron chi connectivity index (χ4n) is 0.811. The van der Waals surface area contributed by atoms with Gasteiger partial charge in [0, 0.05) is 20.1 Å². The monoisotopic (exact) mass is 152 g/mol. The molecule has 0 saturated heterocycles. The molecule has 0 saturated carbocycles. The van der Waals surface area contributed by atoms with Crippen LogP contribution in [0.3, 0.4) is 0 Å². The van der Waals surface area contributed by atoms with Crippen LogP contribution in [0.25, 0.3) is 0 Å². The number of nitrogens with zero attached hydrogens (tertiary/aromatic N) is 3. The molecule has 0 aliphatic carbocycles. The van der Waals surface area contributed by atoms with Gasteiger partial charge in [-0.3, -0.25) is 0 Å². The summed E-state index contributed by atoms with van der Waals surface area (Å²) in [5.41, 5.74) is 6.38. The van der Waals surface area contributed by atoms with Crippen LogP contribution in [0.4, 0.5) is 5.69 Å². The molecule has 0 aliphatic rings. The lowest BCUT2D eigenvalue weighted by Gasteiger charge is -2.16. The van der Waals surface area contributed by atoms with Crippen molar-refractivity contribution in [3.05, 3.63) is 18.7 Å². The van der Waals surface area contributed by atoms with Crippen molar-refractivity contribution in [3.63, 3.8) is 0 Å². The van der Waals surface area contributed by atoms with Crippen molar-refractivity contribution >= 4 is 5.69 Å². The van der Waals surface area contributed by atoms with Gasteiger partial charge in [0.1, 0.15) is 6.33 Å². The van der Waals surface area contributed by atoms with Gasteiger partial charge in [0.2, 0.25) is 0 Å². The van der Waals surface area contributed by atoms with Crippen LogP contribution in [0.15, 0.2) is 18.7 Å². The van der Waals surface area contributed by atoms with Crippen LogP contribution in [0.5, 0.6) is 0 Å². The minimum absolute atomic E-state index is 0.644. The van der Waals surface area contributed by atoms with Crippen molar-refractivity contribution < 1.29 is 0 Å². The first-order chi connectivity index (χ1) is 5.34. The standard InChI is InChI=1S/C7H12N4/c1-11(3-2-8)7-4-9-6-10-5-7/h4-6H,2-3,8H2,1H3. The second-order valence-corrected chi connectivity index (χ2v) is 2.31. The predicted octanol–water partition coefficient (Wildman–Crippen LogP) is -0.129. The molecule has 0 fully saturated rings. The van der Waals surface area contributed by atoms with Crippen LogP contribution >= 0.6 is 0 Å². The lowest BCUT2D eigenvalue weighted by Crippen LogP contribution is -2.25. The van der Waals surface area contributed by atoms with Gasteiger partial charge < -0.3 is 10.6 Å². The largest absolute Gasteiger partial charge is 0.371 e. The van der Waals surface area contributed by atoms with E-state index in [2.05, 4.69) is 9.97 Å². The molecule has 4 heteroatoms. The normalized spacial score (nSPS) is 9.64. The lowest BCUT2D eigenvalue weighted by molar-refractivity contribution is 0.877. The van der Waals surface area contributed by atoms with Gasteiger partial charge in [-0.15, -0.1) is 0 Å². The third-order valence-corrected chi connectivity index (χ3v) is 1.45. The van der Waals surface area contributed by atoms with E-state index in [9.17, 15) is 0 Å². The molecular weight excluding hydrogens is 140 g/mol. The van der Waals surface area contributed by atoms with Crippen LogP contribution in [0, 0.1) is 0 Å². The molecule has 0 spiro atoms. The fourth-order valence-corrected chi connectivity index (χ4v) is 0.811. The average molecular weight is 152 g/mol. The predicted molar refractivity (Wildman–Crippen MR) is 44.4 cm³/mol. The smallest absolute Gasteiger partial charge is 0.115 e. The Kier molecular flexibility index (Phi) is 2.80. The average Bonchev–Trinajstić information content (AvgIpc) is 2.07. The van der Waals surface area contributed by atoms with Gasteiger partial charge in [-0.05, 0) is 0 Å². The number of aromatic nitrogens is 2. The van der Waals surface area contributed by atoms with Crippen molar-refractivity contribution in [2.75, 3.05) is 25.0 Å². The molecule has 0 radical (unpaired) electrons. The SMILES string of the molecule is CN(CCN)c1cncnc1. The Balaban J connectivity index is 2.61. The molecule has 0 aromatic carbocycles. The third-order valence-electron chi connectivity index (χ3n) is 1.45. The molecule has 0 aliphatic heterocycles. The molecule has 60 valence electrons. The summed E-state index contributed by atoms with van der Waals surface area (Å²) in [6.45, 7) is 1.47. The lowest BCUT2D eigenvalue weighted by atomic mass is 10.4. The molecule has 1 aromatic rings. The number of nitrogens with two attached hydrogens (primary N) is 1. The van der Waals surface area contributed by atoms with E-state index >= 15 is 0 Å². The molecule has 2 N–H and O–H groups in total. The first-order valence-electron chi connectivity index (χ1n) is 3.51. The summed E-state index contributed by atoms with van der Waals surface area (Å²) in [5, 5.41) is 0. The summed E-state index contributed by atoms with van der Waals surface area (Å²) >= 11 is 0. The van der Waals surface area contributed by atoms with E-state index in [4.69, 9.17) is 5.73 Å². The zero-order valence-corrected chi connectivity index (χ0v) is 6.57. The van der Waals surface area contributed by atoms with E-state index in [0.29, 0.717) is 6.54 Å². The minimum Gasteiger partial charge on any atom is -0.371 e. The van der Waals surface area contributed by atoms with Crippen LogP contribution in [-0.2, 0) is 0 Å². The van der Waals surface area contributed by atoms with Gasteiger partial charge in [0.05, 0.1) is 18.1 Å². The summed E-state index contributed by atoms with van der Waals surface area (Å²) in [5.74, 6) is 0. The van der Waals surface area contributed by atoms with Crippen LogP contribution in [0.1, 0.15) is 0 Å². The maximum atomic E-state index is 5.38. The van der Waals surface area contributed by atoms with Crippen molar-refractivity contribution in [2.24, 2.45) is 5.73 Å². The number of hydrogen-bond acceptors (Lipinski definition) is 4. The summed E-state index contributed by atoms with van der Waals surface area (Å²) < 4.78 is 0. The van der Waals surface area contributed by atoms with E-state index in [-0.39, 0.29) is 0 Å². The highest BCUT2D eigenvalue weighted by molar-refractivity contribution is 5.39. The second-order valence-electron chi connectivity index (χ2n) is 2.31. The molecule has 0 unspecified atom stereocenters. The quantitative estimate of drug-likeness (QED) is 0.655. The maximum Gasteiger partial charge on any atom is 0.115 e. The van der Waals surface area contributed by atoms with Crippen molar-refractivity contribution in [2.45, 2.75) is 0 Å². The second kappa shape index (κ2) is 3.88. The van der Waals surface area contributed by atoms with Crippen molar-refractivity contribution in [1.82, 2.24) is 9.97 Å². The van der Waals surface area contributed by atoms with E-state index < -0.39 is 0 Å². The van der Waals surface area contributed by atoms with Gasteiger partial charge in [-0.25, -0.2) is 9.97 Å². The molecule has 0 amide bonds. The van der Waals surface area contributed by atoms with E-state index in [0.717, 1.165) is 12.2 Å². The van der Waals surface area contributed by atoms with Gasteiger partial charge in [-0.2, -0.15) is 0 Å². The third kappa shape index (κ3) is 2.16. The Morgan fingerprint density at radius 1 is 1.45 bits per heavy atom. The van der Waals surface area contributed by atoms with E-state index in [1.807, 2.05) is 11.9 Å². The molecule has 1 rings (SSSR count). The van der Waals surface area contributed by atoms with Crippen LogP contribution in [-0.4, -0.2) is 30.1 Å². The van der Waals surface area contributed by atoms with Crippen molar-refractivity contribution in [3.8, 4) is 0 Å². The Morgan fingerprint density at radius 3 is 2.64 bits per heavy atom. The van der Waals surface area contributed by atoms with E-state index in [1.54, 1.807) is 12.4 Å². The Morgan fingerprint density at radius 2 is 2.09 bits per heavy atom. The highest BCUT2D eigenvalue weighted by Crippen LogP contribution is 2.05. The van der Waals surface area contributed by atoms with Gasteiger partial charge in [-0.1, -0.05) is 0 Å². The Hall–Kier alpha value is -1.16.